The standard InChI is InChI=1S/C12H19N3O/c1-3-6-10(2)12(16)15-14-9-11-7-4-5-8-13-11/h4-5,7-8,10,14H,3,6,9H2,1-2H3,(H,15,16). The molecule has 0 aliphatic heterocycles. The predicted molar refractivity (Wildman–Crippen MR) is 63.3 cm³/mol. The van der Waals surface area contributed by atoms with Gasteiger partial charge in [0, 0.05) is 12.1 Å². The quantitative estimate of drug-likeness (QED) is 0.718. The molecule has 1 amide bonds. The largest absolute Gasteiger partial charge is 0.291 e. The van der Waals surface area contributed by atoms with E-state index in [1.807, 2.05) is 25.1 Å². The first kappa shape index (κ1) is 12.6. The number of carbonyl (C=O) groups is 1. The molecule has 0 bridgehead atoms. The lowest BCUT2D eigenvalue weighted by Gasteiger charge is -2.11. The third kappa shape index (κ3) is 4.40. The number of nitrogens with zero attached hydrogens (tertiary/aromatic N) is 1. The van der Waals surface area contributed by atoms with Crippen molar-refractivity contribution in [2.45, 2.75) is 33.2 Å². The Morgan fingerprint density at radius 2 is 2.31 bits per heavy atom. The van der Waals surface area contributed by atoms with Crippen LogP contribution >= 0.6 is 0 Å². The van der Waals surface area contributed by atoms with E-state index in [1.165, 1.54) is 0 Å². The highest BCUT2D eigenvalue weighted by Crippen LogP contribution is 2.03. The second-order valence-corrected chi connectivity index (χ2v) is 3.85. The highest BCUT2D eigenvalue weighted by Gasteiger charge is 2.10. The number of amides is 1. The van der Waals surface area contributed by atoms with Crippen LogP contribution in [0.25, 0.3) is 0 Å². The van der Waals surface area contributed by atoms with E-state index in [1.54, 1.807) is 6.20 Å². The summed E-state index contributed by atoms with van der Waals surface area (Å²) in [5, 5.41) is 0. The van der Waals surface area contributed by atoms with Crippen molar-refractivity contribution in [3.8, 4) is 0 Å². The summed E-state index contributed by atoms with van der Waals surface area (Å²) in [6.07, 6.45) is 3.67. The smallest absolute Gasteiger partial charge is 0.236 e. The maximum absolute atomic E-state index is 11.5. The van der Waals surface area contributed by atoms with Crippen molar-refractivity contribution in [2.24, 2.45) is 5.92 Å². The lowest BCUT2D eigenvalue weighted by molar-refractivity contribution is -0.125. The molecule has 0 aliphatic rings. The predicted octanol–water partition coefficient (Wildman–Crippen LogP) is 1.64. The van der Waals surface area contributed by atoms with Gasteiger partial charge in [0.1, 0.15) is 0 Å². The molecule has 1 unspecified atom stereocenters. The number of nitrogens with one attached hydrogen (secondary N) is 2. The zero-order valence-corrected chi connectivity index (χ0v) is 9.86. The van der Waals surface area contributed by atoms with Gasteiger partial charge in [0.25, 0.3) is 0 Å². The molecule has 1 rings (SSSR count). The monoisotopic (exact) mass is 221 g/mol. The van der Waals surface area contributed by atoms with Gasteiger partial charge in [-0.3, -0.25) is 15.2 Å². The molecule has 16 heavy (non-hydrogen) atoms. The number of rotatable bonds is 6. The lowest BCUT2D eigenvalue weighted by atomic mass is 10.1. The zero-order valence-electron chi connectivity index (χ0n) is 9.86. The molecular weight excluding hydrogens is 202 g/mol. The first-order valence-electron chi connectivity index (χ1n) is 5.66. The molecule has 2 N–H and O–H groups in total. The van der Waals surface area contributed by atoms with E-state index < -0.39 is 0 Å². The van der Waals surface area contributed by atoms with E-state index in [-0.39, 0.29) is 11.8 Å². The highest BCUT2D eigenvalue weighted by atomic mass is 16.2. The van der Waals surface area contributed by atoms with Crippen LogP contribution in [0.2, 0.25) is 0 Å². The minimum atomic E-state index is 0.0396. The molecule has 1 heterocycles. The van der Waals surface area contributed by atoms with E-state index in [4.69, 9.17) is 0 Å². The van der Waals surface area contributed by atoms with E-state index in [2.05, 4.69) is 22.8 Å². The van der Waals surface area contributed by atoms with Crippen LogP contribution in [-0.4, -0.2) is 10.9 Å². The molecule has 4 heteroatoms. The minimum absolute atomic E-state index is 0.0396. The molecule has 4 nitrogen and oxygen atoms in total. The molecule has 0 saturated heterocycles. The van der Waals surface area contributed by atoms with E-state index in [0.717, 1.165) is 18.5 Å². The fourth-order valence-corrected chi connectivity index (χ4v) is 1.41. The van der Waals surface area contributed by atoms with Gasteiger partial charge >= 0.3 is 0 Å². The summed E-state index contributed by atoms with van der Waals surface area (Å²) in [5.74, 6) is 0.0963. The van der Waals surface area contributed by atoms with Gasteiger partial charge in [-0.05, 0) is 18.6 Å². The Labute approximate surface area is 96.4 Å². The number of carbonyl (C=O) groups excluding carboxylic acids is 1. The summed E-state index contributed by atoms with van der Waals surface area (Å²) >= 11 is 0. The maximum atomic E-state index is 11.5. The second kappa shape index (κ2) is 6.95. The molecule has 1 aromatic rings. The first-order chi connectivity index (χ1) is 7.74. The van der Waals surface area contributed by atoms with Crippen LogP contribution in [0.5, 0.6) is 0 Å². The van der Waals surface area contributed by atoms with Gasteiger partial charge in [-0.2, -0.15) is 0 Å². The SMILES string of the molecule is CCCC(C)C(=O)NNCc1ccccn1. The van der Waals surface area contributed by atoms with Crippen LogP contribution < -0.4 is 10.9 Å². The summed E-state index contributed by atoms with van der Waals surface area (Å²) in [6, 6.07) is 5.70. The minimum Gasteiger partial charge on any atom is -0.291 e. The average Bonchev–Trinajstić information content (AvgIpc) is 2.30. The number of aromatic nitrogens is 1. The zero-order chi connectivity index (χ0) is 11.8. The number of hydrogen-bond acceptors (Lipinski definition) is 3. The summed E-state index contributed by atoms with van der Waals surface area (Å²) < 4.78 is 0. The van der Waals surface area contributed by atoms with Gasteiger partial charge in [-0.1, -0.05) is 26.3 Å². The molecular formula is C12H19N3O. The van der Waals surface area contributed by atoms with Crippen molar-refractivity contribution >= 4 is 5.91 Å². The van der Waals surface area contributed by atoms with Crippen LogP contribution in [0.3, 0.4) is 0 Å². The summed E-state index contributed by atoms with van der Waals surface area (Å²) in [4.78, 5) is 15.7. The lowest BCUT2D eigenvalue weighted by Crippen LogP contribution is -2.40. The normalized spacial score (nSPS) is 12.1. The van der Waals surface area contributed by atoms with Crippen LogP contribution in [-0.2, 0) is 11.3 Å². The van der Waals surface area contributed by atoms with E-state index in [0.29, 0.717) is 6.54 Å². The molecule has 0 spiro atoms. The summed E-state index contributed by atoms with van der Waals surface area (Å²) in [6.45, 7) is 4.55. The van der Waals surface area contributed by atoms with Gasteiger partial charge in [-0.25, -0.2) is 5.43 Å². The molecule has 0 aliphatic carbocycles. The van der Waals surface area contributed by atoms with Crippen molar-refractivity contribution < 1.29 is 4.79 Å². The molecule has 88 valence electrons. The fraction of sp³-hybridized carbons (Fsp3) is 0.500. The number of hydrogen-bond donors (Lipinski definition) is 2. The Morgan fingerprint density at radius 1 is 1.50 bits per heavy atom. The molecule has 0 fully saturated rings. The van der Waals surface area contributed by atoms with E-state index in [9.17, 15) is 4.79 Å². The summed E-state index contributed by atoms with van der Waals surface area (Å²) in [5.41, 5.74) is 6.47. The first-order valence-corrected chi connectivity index (χ1v) is 5.66. The van der Waals surface area contributed by atoms with Crippen molar-refractivity contribution in [3.63, 3.8) is 0 Å². The third-order valence-electron chi connectivity index (χ3n) is 2.38. The molecule has 0 radical (unpaired) electrons. The van der Waals surface area contributed by atoms with Crippen LogP contribution in [0, 0.1) is 5.92 Å². The van der Waals surface area contributed by atoms with Gasteiger partial charge < -0.3 is 0 Å². The molecule has 1 aromatic heterocycles. The van der Waals surface area contributed by atoms with Gasteiger partial charge in [0.15, 0.2) is 0 Å². The number of pyridine rings is 1. The Balaban J connectivity index is 2.23. The van der Waals surface area contributed by atoms with Crippen LogP contribution in [0.15, 0.2) is 24.4 Å². The Kier molecular flexibility index (Phi) is 5.50. The molecule has 0 saturated carbocycles. The maximum Gasteiger partial charge on any atom is 0.236 e. The van der Waals surface area contributed by atoms with Crippen molar-refractivity contribution in [2.75, 3.05) is 0 Å². The fourth-order valence-electron chi connectivity index (χ4n) is 1.41. The molecule has 0 aromatic carbocycles. The Hall–Kier alpha value is -1.42. The van der Waals surface area contributed by atoms with Gasteiger partial charge in [-0.15, -0.1) is 0 Å². The van der Waals surface area contributed by atoms with Crippen LogP contribution in [0.4, 0.5) is 0 Å². The summed E-state index contributed by atoms with van der Waals surface area (Å²) in [7, 11) is 0. The third-order valence-corrected chi connectivity index (χ3v) is 2.38. The topological polar surface area (TPSA) is 54.0 Å². The Morgan fingerprint density at radius 3 is 2.94 bits per heavy atom. The van der Waals surface area contributed by atoms with Crippen molar-refractivity contribution in [1.82, 2.24) is 15.8 Å². The van der Waals surface area contributed by atoms with Gasteiger partial charge in [0.2, 0.25) is 5.91 Å². The number of hydrazine groups is 1. The Bertz CT molecular complexity index is 313. The molecule has 1 atom stereocenters. The average molecular weight is 221 g/mol. The van der Waals surface area contributed by atoms with Crippen molar-refractivity contribution in [3.05, 3.63) is 30.1 Å². The van der Waals surface area contributed by atoms with Crippen LogP contribution in [0.1, 0.15) is 32.4 Å². The van der Waals surface area contributed by atoms with E-state index >= 15 is 0 Å². The highest BCUT2D eigenvalue weighted by molar-refractivity contribution is 5.77. The van der Waals surface area contributed by atoms with Crippen molar-refractivity contribution in [1.29, 1.82) is 0 Å². The second-order valence-electron chi connectivity index (χ2n) is 3.85. The van der Waals surface area contributed by atoms with Gasteiger partial charge in [0.05, 0.1) is 12.2 Å².